The molecule has 2 aromatic carbocycles. The van der Waals surface area contributed by atoms with Crippen molar-refractivity contribution in [3.8, 4) is 0 Å². The fourth-order valence-electron chi connectivity index (χ4n) is 1.96. The molecule has 0 aliphatic heterocycles. The Balaban J connectivity index is 2.05. The Kier molecular flexibility index (Phi) is 4.88. The summed E-state index contributed by atoms with van der Waals surface area (Å²) in [5, 5.41) is 13.1. The summed E-state index contributed by atoms with van der Waals surface area (Å²) in [6, 6.07) is 16.4. The van der Waals surface area contributed by atoms with Gasteiger partial charge in [0.05, 0.1) is 6.10 Å². The normalized spacial score (nSPS) is 12.2. The largest absolute Gasteiger partial charge is 0.389 e. The lowest BCUT2D eigenvalue weighted by atomic mass is 10.1. The topological polar surface area (TPSA) is 32.3 Å². The van der Waals surface area contributed by atoms with Gasteiger partial charge in [0, 0.05) is 22.7 Å². The molecule has 100 valence electrons. The van der Waals surface area contributed by atoms with E-state index < -0.39 is 6.10 Å². The van der Waals surface area contributed by atoms with Crippen LogP contribution in [0.1, 0.15) is 24.2 Å². The van der Waals surface area contributed by atoms with Crippen LogP contribution in [0.2, 0.25) is 0 Å². The smallest absolute Gasteiger partial charge is 0.0781 e. The van der Waals surface area contributed by atoms with Gasteiger partial charge in [-0.3, -0.25) is 0 Å². The van der Waals surface area contributed by atoms with Gasteiger partial charge in [-0.15, -0.1) is 11.8 Å². The van der Waals surface area contributed by atoms with Crippen molar-refractivity contribution in [2.75, 3.05) is 11.6 Å². The molecule has 0 saturated heterocycles. The first-order chi connectivity index (χ1) is 9.20. The quantitative estimate of drug-likeness (QED) is 0.805. The summed E-state index contributed by atoms with van der Waals surface area (Å²) in [5.74, 6) is 0. The molecule has 1 unspecified atom stereocenters. The lowest BCUT2D eigenvalue weighted by molar-refractivity contribution is 0.200. The van der Waals surface area contributed by atoms with Gasteiger partial charge in [0.2, 0.25) is 0 Å². The first-order valence-electron chi connectivity index (χ1n) is 6.34. The number of nitrogens with one attached hydrogen (secondary N) is 1. The monoisotopic (exact) mass is 273 g/mol. The maximum Gasteiger partial charge on any atom is 0.0781 e. The molecule has 3 heteroatoms. The number of hydrogen-bond acceptors (Lipinski definition) is 3. The molecule has 0 heterocycles. The van der Waals surface area contributed by atoms with E-state index in [4.69, 9.17) is 0 Å². The molecule has 0 radical (unpaired) electrons. The second-order valence-electron chi connectivity index (χ2n) is 4.46. The molecule has 1 atom stereocenters. The SMILES string of the molecule is CSc1ccc(CNc2ccccc2C(C)O)cc1. The van der Waals surface area contributed by atoms with Gasteiger partial charge in [-0.05, 0) is 36.9 Å². The molecule has 0 aliphatic rings. The fourth-order valence-corrected chi connectivity index (χ4v) is 2.37. The van der Waals surface area contributed by atoms with Crippen LogP contribution < -0.4 is 5.32 Å². The number of anilines is 1. The van der Waals surface area contributed by atoms with Crippen LogP contribution in [0.5, 0.6) is 0 Å². The van der Waals surface area contributed by atoms with E-state index in [1.165, 1.54) is 10.5 Å². The molecule has 0 amide bonds. The summed E-state index contributed by atoms with van der Waals surface area (Å²) in [7, 11) is 0. The highest BCUT2D eigenvalue weighted by atomic mass is 32.2. The number of rotatable bonds is 5. The summed E-state index contributed by atoms with van der Waals surface area (Å²) < 4.78 is 0. The van der Waals surface area contributed by atoms with Crippen LogP contribution in [0.4, 0.5) is 5.69 Å². The number of aliphatic hydroxyl groups is 1. The van der Waals surface area contributed by atoms with Crippen molar-refractivity contribution in [2.24, 2.45) is 0 Å². The van der Waals surface area contributed by atoms with E-state index in [-0.39, 0.29) is 0 Å². The Morgan fingerprint density at radius 2 is 1.79 bits per heavy atom. The van der Waals surface area contributed by atoms with Crippen LogP contribution in [0, 0.1) is 0 Å². The van der Waals surface area contributed by atoms with Crippen LogP contribution in [0.3, 0.4) is 0 Å². The fraction of sp³-hybridized carbons (Fsp3) is 0.250. The third-order valence-corrected chi connectivity index (χ3v) is 3.80. The van der Waals surface area contributed by atoms with E-state index in [0.717, 1.165) is 17.8 Å². The number of benzene rings is 2. The van der Waals surface area contributed by atoms with Crippen molar-refractivity contribution >= 4 is 17.4 Å². The average Bonchev–Trinajstić information content (AvgIpc) is 2.46. The van der Waals surface area contributed by atoms with Crippen molar-refractivity contribution in [2.45, 2.75) is 24.5 Å². The molecule has 2 N–H and O–H groups in total. The van der Waals surface area contributed by atoms with Gasteiger partial charge in [-0.2, -0.15) is 0 Å². The van der Waals surface area contributed by atoms with Crippen molar-refractivity contribution < 1.29 is 5.11 Å². The molecule has 0 aliphatic carbocycles. The van der Waals surface area contributed by atoms with Crippen molar-refractivity contribution in [1.29, 1.82) is 0 Å². The molecule has 2 nitrogen and oxygen atoms in total. The van der Waals surface area contributed by atoms with E-state index in [1.54, 1.807) is 18.7 Å². The lowest BCUT2D eigenvalue weighted by Crippen LogP contribution is -2.04. The Morgan fingerprint density at radius 3 is 2.42 bits per heavy atom. The first kappa shape index (κ1) is 14.0. The molecule has 0 aromatic heterocycles. The minimum Gasteiger partial charge on any atom is -0.389 e. The zero-order chi connectivity index (χ0) is 13.7. The van der Waals surface area contributed by atoms with Gasteiger partial charge in [0.1, 0.15) is 0 Å². The summed E-state index contributed by atoms with van der Waals surface area (Å²) in [4.78, 5) is 1.27. The predicted molar refractivity (Wildman–Crippen MR) is 82.6 cm³/mol. The van der Waals surface area contributed by atoms with Crippen LogP contribution in [0.15, 0.2) is 53.4 Å². The molecule has 2 rings (SSSR count). The van der Waals surface area contributed by atoms with Gasteiger partial charge in [0.25, 0.3) is 0 Å². The first-order valence-corrected chi connectivity index (χ1v) is 7.57. The second kappa shape index (κ2) is 6.64. The van der Waals surface area contributed by atoms with Gasteiger partial charge >= 0.3 is 0 Å². The Morgan fingerprint density at radius 1 is 1.11 bits per heavy atom. The number of para-hydroxylation sites is 1. The molecule has 0 saturated carbocycles. The van der Waals surface area contributed by atoms with Crippen molar-refractivity contribution in [3.63, 3.8) is 0 Å². The van der Waals surface area contributed by atoms with Crippen LogP contribution in [0.25, 0.3) is 0 Å². The highest BCUT2D eigenvalue weighted by Crippen LogP contribution is 2.23. The standard InChI is InChI=1S/C16H19NOS/c1-12(18)15-5-3-4-6-16(15)17-11-13-7-9-14(19-2)10-8-13/h3-10,12,17-18H,11H2,1-2H3. The van der Waals surface area contributed by atoms with Crippen LogP contribution in [-0.2, 0) is 6.54 Å². The van der Waals surface area contributed by atoms with E-state index in [2.05, 4.69) is 35.8 Å². The van der Waals surface area contributed by atoms with E-state index in [9.17, 15) is 5.11 Å². The lowest BCUT2D eigenvalue weighted by Gasteiger charge is -2.14. The molecule has 0 spiro atoms. The third kappa shape index (κ3) is 3.75. The van der Waals surface area contributed by atoms with Crippen LogP contribution in [-0.4, -0.2) is 11.4 Å². The maximum atomic E-state index is 9.73. The molecular weight excluding hydrogens is 254 g/mol. The Bertz CT molecular complexity index is 523. The maximum absolute atomic E-state index is 9.73. The van der Waals surface area contributed by atoms with Crippen molar-refractivity contribution in [3.05, 3.63) is 59.7 Å². The minimum atomic E-state index is -0.456. The summed E-state index contributed by atoms with van der Waals surface area (Å²) in [6.45, 7) is 2.55. The highest BCUT2D eigenvalue weighted by Gasteiger charge is 2.06. The highest BCUT2D eigenvalue weighted by molar-refractivity contribution is 7.98. The third-order valence-electron chi connectivity index (χ3n) is 3.05. The van der Waals surface area contributed by atoms with Gasteiger partial charge < -0.3 is 10.4 Å². The zero-order valence-electron chi connectivity index (χ0n) is 11.3. The zero-order valence-corrected chi connectivity index (χ0v) is 12.1. The second-order valence-corrected chi connectivity index (χ2v) is 5.34. The Hall–Kier alpha value is -1.45. The van der Waals surface area contributed by atoms with Gasteiger partial charge in [0.15, 0.2) is 0 Å². The number of hydrogen-bond donors (Lipinski definition) is 2. The average molecular weight is 273 g/mol. The van der Waals surface area contributed by atoms with E-state index in [0.29, 0.717) is 0 Å². The van der Waals surface area contributed by atoms with E-state index >= 15 is 0 Å². The molecule has 0 bridgehead atoms. The molecular formula is C16H19NOS. The number of aliphatic hydroxyl groups excluding tert-OH is 1. The summed E-state index contributed by atoms with van der Waals surface area (Å²) >= 11 is 1.74. The molecule has 19 heavy (non-hydrogen) atoms. The van der Waals surface area contributed by atoms with Crippen LogP contribution >= 0.6 is 11.8 Å². The van der Waals surface area contributed by atoms with E-state index in [1.807, 2.05) is 24.3 Å². The molecule has 2 aromatic rings. The Labute approximate surface area is 118 Å². The van der Waals surface area contributed by atoms with Gasteiger partial charge in [-0.25, -0.2) is 0 Å². The summed E-state index contributed by atoms with van der Waals surface area (Å²) in [6.07, 6.45) is 1.62. The van der Waals surface area contributed by atoms with Crippen molar-refractivity contribution in [1.82, 2.24) is 0 Å². The van der Waals surface area contributed by atoms with Gasteiger partial charge in [-0.1, -0.05) is 30.3 Å². The summed E-state index contributed by atoms with van der Waals surface area (Å²) in [5.41, 5.74) is 3.16. The predicted octanol–water partition coefficient (Wildman–Crippen LogP) is 4.07. The minimum absolute atomic E-state index is 0.456. The number of thioether (sulfide) groups is 1. The molecule has 0 fully saturated rings.